The van der Waals surface area contributed by atoms with Crippen LogP contribution in [0.1, 0.15) is 23.1 Å². The molecule has 2 aliphatic rings. The van der Waals surface area contributed by atoms with Gasteiger partial charge in [-0.25, -0.2) is 4.79 Å². The van der Waals surface area contributed by atoms with Crippen molar-refractivity contribution < 1.29 is 15.0 Å². The zero-order chi connectivity index (χ0) is 15.0. The lowest BCUT2D eigenvalue weighted by atomic mass is 9.78. The van der Waals surface area contributed by atoms with E-state index in [1.807, 2.05) is 6.07 Å². The van der Waals surface area contributed by atoms with Crippen molar-refractivity contribution >= 4 is 11.6 Å². The lowest BCUT2D eigenvalue weighted by Crippen LogP contribution is -2.34. The van der Waals surface area contributed by atoms with Crippen molar-refractivity contribution in [2.45, 2.75) is 19.3 Å². The number of urea groups is 1. The number of carbonyl (C=O) groups excluding carboxylic acids is 1. The van der Waals surface area contributed by atoms with E-state index in [0.29, 0.717) is 19.4 Å². The number of allylic oxidation sites excluding steroid dienone is 2. The summed E-state index contributed by atoms with van der Waals surface area (Å²) in [7, 11) is 1.57. The predicted molar refractivity (Wildman–Crippen MR) is 80.2 cm³/mol. The topological polar surface area (TPSA) is 81.6 Å². The molecule has 21 heavy (non-hydrogen) atoms. The Bertz CT molecular complexity index is 674. The van der Waals surface area contributed by atoms with E-state index in [1.165, 1.54) is 0 Å². The molecule has 2 aliphatic carbocycles. The summed E-state index contributed by atoms with van der Waals surface area (Å²) in [6.45, 7) is 0.390. The number of carbonyl (C=O) groups is 1. The Hall–Kier alpha value is -2.43. The first-order valence-corrected chi connectivity index (χ1v) is 7.03. The minimum absolute atomic E-state index is 0.239. The molecule has 0 unspecified atom stereocenters. The summed E-state index contributed by atoms with van der Waals surface area (Å²) in [5, 5.41) is 25.6. The van der Waals surface area contributed by atoms with Crippen LogP contribution < -0.4 is 10.6 Å². The first-order valence-electron chi connectivity index (χ1n) is 7.03. The quantitative estimate of drug-likeness (QED) is 0.671. The summed E-state index contributed by atoms with van der Waals surface area (Å²) >= 11 is 0. The van der Waals surface area contributed by atoms with Gasteiger partial charge in [-0.15, -0.1) is 0 Å². The molecule has 0 radical (unpaired) electrons. The molecule has 0 saturated carbocycles. The van der Waals surface area contributed by atoms with Crippen molar-refractivity contribution in [1.82, 2.24) is 10.6 Å². The number of rotatable bonds is 2. The monoisotopic (exact) mass is 286 g/mol. The predicted octanol–water partition coefficient (Wildman–Crippen LogP) is 2.02. The maximum absolute atomic E-state index is 11.3. The van der Waals surface area contributed by atoms with Gasteiger partial charge in [-0.1, -0.05) is 6.07 Å². The van der Waals surface area contributed by atoms with Crippen LogP contribution in [-0.2, 0) is 12.8 Å². The first-order chi connectivity index (χ1) is 10.1. The molecule has 0 atom stereocenters. The van der Waals surface area contributed by atoms with Crippen LogP contribution in [-0.4, -0.2) is 29.8 Å². The molecule has 0 bridgehead atoms. The van der Waals surface area contributed by atoms with Crippen LogP contribution in [0.25, 0.3) is 5.57 Å². The van der Waals surface area contributed by atoms with Crippen molar-refractivity contribution in [3.8, 4) is 5.75 Å². The van der Waals surface area contributed by atoms with E-state index in [2.05, 4.69) is 10.6 Å². The van der Waals surface area contributed by atoms with Crippen molar-refractivity contribution in [2.24, 2.45) is 0 Å². The van der Waals surface area contributed by atoms with E-state index in [0.717, 1.165) is 34.3 Å². The number of benzene rings is 1. The molecule has 5 nitrogen and oxygen atoms in total. The van der Waals surface area contributed by atoms with Gasteiger partial charge in [0.1, 0.15) is 11.5 Å². The van der Waals surface area contributed by atoms with E-state index < -0.39 is 0 Å². The average molecular weight is 286 g/mol. The van der Waals surface area contributed by atoms with Gasteiger partial charge >= 0.3 is 6.03 Å². The third kappa shape index (κ3) is 2.24. The second-order valence-corrected chi connectivity index (χ2v) is 5.30. The summed E-state index contributed by atoms with van der Waals surface area (Å²) < 4.78 is 0. The molecule has 0 saturated heterocycles. The summed E-state index contributed by atoms with van der Waals surface area (Å²) in [4.78, 5) is 11.3. The number of nitrogens with one attached hydrogen (secondary N) is 2. The van der Waals surface area contributed by atoms with Crippen LogP contribution in [0, 0.1) is 0 Å². The van der Waals surface area contributed by atoms with E-state index in [4.69, 9.17) is 0 Å². The first kappa shape index (κ1) is 13.5. The van der Waals surface area contributed by atoms with Crippen LogP contribution in [0.2, 0.25) is 0 Å². The highest BCUT2D eigenvalue weighted by Gasteiger charge is 2.28. The minimum Gasteiger partial charge on any atom is -0.508 e. The van der Waals surface area contributed by atoms with Crippen LogP contribution in [0.3, 0.4) is 0 Å². The van der Waals surface area contributed by atoms with Gasteiger partial charge < -0.3 is 20.8 Å². The SMILES string of the molecule is CNC(=O)NCC1=C2C(O)=CCc3ccc(O)c(c32)CC1. The smallest absolute Gasteiger partial charge is 0.314 e. The van der Waals surface area contributed by atoms with E-state index in [1.54, 1.807) is 19.2 Å². The van der Waals surface area contributed by atoms with Crippen LogP contribution in [0.4, 0.5) is 4.79 Å². The highest BCUT2D eigenvalue weighted by atomic mass is 16.3. The second kappa shape index (κ2) is 5.16. The molecule has 1 aromatic rings. The number of hydrogen-bond acceptors (Lipinski definition) is 3. The van der Waals surface area contributed by atoms with Gasteiger partial charge in [-0.3, -0.25) is 0 Å². The number of aromatic hydroxyl groups is 1. The van der Waals surface area contributed by atoms with E-state index in [-0.39, 0.29) is 17.5 Å². The van der Waals surface area contributed by atoms with Gasteiger partial charge in [0, 0.05) is 24.7 Å². The van der Waals surface area contributed by atoms with Crippen molar-refractivity contribution in [3.05, 3.63) is 46.2 Å². The lowest BCUT2D eigenvalue weighted by molar-refractivity contribution is 0.243. The molecule has 0 aromatic heterocycles. The fourth-order valence-corrected chi connectivity index (χ4v) is 3.07. The molecule has 0 spiro atoms. The standard InChI is InChI=1S/C16H18N2O3/c1-17-16(21)18-8-10-2-5-11-12(19)6-3-9-4-7-13(20)15(10)14(9)11/h3,6-7,19-20H,2,4-5,8H2,1H3,(H2,17,18,21). The summed E-state index contributed by atoms with van der Waals surface area (Å²) in [6.07, 6.45) is 3.87. The Morgan fingerprint density at radius 2 is 2.10 bits per heavy atom. The largest absolute Gasteiger partial charge is 0.508 e. The Kier molecular flexibility index (Phi) is 3.33. The fraction of sp³-hybridized carbons (Fsp3) is 0.312. The molecule has 2 amide bonds. The van der Waals surface area contributed by atoms with Crippen molar-refractivity contribution in [2.75, 3.05) is 13.6 Å². The van der Waals surface area contributed by atoms with E-state index >= 15 is 0 Å². The maximum Gasteiger partial charge on any atom is 0.314 e. The molecule has 3 rings (SSSR count). The minimum atomic E-state index is -0.246. The number of hydrogen-bond donors (Lipinski definition) is 4. The Labute approximate surface area is 123 Å². The van der Waals surface area contributed by atoms with Crippen molar-refractivity contribution in [3.63, 3.8) is 0 Å². The van der Waals surface area contributed by atoms with Gasteiger partial charge in [0.25, 0.3) is 0 Å². The number of aliphatic hydroxyl groups is 1. The average Bonchev–Trinajstić information content (AvgIpc) is 2.50. The summed E-state index contributed by atoms with van der Waals surface area (Å²) in [5.41, 5.74) is 4.70. The number of aliphatic hydroxyl groups excluding tert-OH is 1. The molecule has 0 aliphatic heterocycles. The lowest BCUT2D eigenvalue weighted by Gasteiger charge is -2.28. The Morgan fingerprint density at radius 1 is 1.29 bits per heavy atom. The molecular weight excluding hydrogens is 268 g/mol. The molecular formula is C16H18N2O3. The van der Waals surface area contributed by atoms with Gasteiger partial charge in [0.05, 0.1) is 0 Å². The summed E-state index contributed by atoms with van der Waals surface area (Å²) in [5.74, 6) is 0.516. The third-order valence-corrected chi connectivity index (χ3v) is 4.12. The van der Waals surface area contributed by atoms with E-state index in [9.17, 15) is 15.0 Å². The van der Waals surface area contributed by atoms with Crippen LogP contribution >= 0.6 is 0 Å². The van der Waals surface area contributed by atoms with Gasteiger partial charge in [0.15, 0.2) is 0 Å². The number of phenolic OH excluding ortho intramolecular Hbond substituents is 1. The van der Waals surface area contributed by atoms with Crippen LogP contribution in [0.5, 0.6) is 5.75 Å². The Morgan fingerprint density at radius 3 is 2.86 bits per heavy atom. The fourth-order valence-electron chi connectivity index (χ4n) is 3.07. The molecule has 110 valence electrons. The van der Waals surface area contributed by atoms with Gasteiger partial charge in [-0.05, 0) is 48.1 Å². The normalized spacial score (nSPS) is 16.1. The zero-order valence-corrected chi connectivity index (χ0v) is 11.9. The van der Waals surface area contributed by atoms with Crippen LogP contribution in [0.15, 0.2) is 29.5 Å². The van der Waals surface area contributed by atoms with Gasteiger partial charge in [0.2, 0.25) is 0 Å². The second-order valence-electron chi connectivity index (χ2n) is 5.30. The number of amides is 2. The maximum atomic E-state index is 11.3. The Balaban J connectivity index is 2.06. The van der Waals surface area contributed by atoms with Crippen molar-refractivity contribution in [1.29, 1.82) is 0 Å². The zero-order valence-electron chi connectivity index (χ0n) is 11.9. The molecule has 5 heteroatoms. The molecule has 0 heterocycles. The highest BCUT2D eigenvalue weighted by molar-refractivity contribution is 5.87. The summed E-state index contributed by atoms with van der Waals surface area (Å²) in [6, 6.07) is 3.37. The molecule has 4 N–H and O–H groups in total. The number of phenols is 1. The third-order valence-electron chi connectivity index (χ3n) is 4.12. The van der Waals surface area contributed by atoms with Gasteiger partial charge in [-0.2, -0.15) is 0 Å². The molecule has 1 aromatic carbocycles. The highest BCUT2D eigenvalue weighted by Crippen LogP contribution is 2.43. The molecule has 0 fully saturated rings.